The van der Waals surface area contributed by atoms with Crippen molar-refractivity contribution < 1.29 is 41.0 Å². The number of methoxy groups -OCH3 is 2. The van der Waals surface area contributed by atoms with Crippen LogP contribution in [0.1, 0.15) is 18.5 Å². The first-order chi connectivity index (χ1) is 17.3. The molecule has 0 spiro atoms. The molecule has 0 bridgehead atoms. The highest BCUT2D eigenvalue weighted by molar-refractivity contribution is 9.10. The quantitative estimate of drug-likeness (QED) is 0.263. The van der Waals surface area contributed by atoms with Crippen molar-refractivity contribution in [2.75, 3.05) is 25.3 Å². The number of ether oxygens (including phenoxy) is 2. The van der Waals surface area contributed by atoms with Gasteiger partial charge in [0, 0.05) is 16.5 Å². The zero-order valence-corrected chi connectivity index (χ0v) is 21.9. The first kappa shape index (κ1) is 28.2. The molecule has 3 rings (SSSR count). The summed E-state index contributed by atoms with van der Waals surface area (Å²) >= 11 is 3.20. The summed E-state index contributed by atoms with van der Waals surface area (Å²) in [5, 5.41) is 11.2. The Labute approximate surface area is 218 Å². The Kier molecular flexibility index (Phi) is 8.64. The minimum absolute atomic E-state index is 0.114. The van der Waals surface area contributed by atoms with Gasteiger partial charge < -0.3 is 19.9 Å². The van der Waals surface area contributed by atoms with Crippen molar-refractivity contribution in [3.05, 3.63) is 52.6 Å². The fourth-order valence-electron chi connectivity index (χ4n) is 3.19. The molecule has 0 atom stereocenters. The van der Waals surface area contributed by atoms with Crippen LogP contribution in [0.5, 0.6) is 17.2 Å². The third kappa shape index (κ3) is 7.10. The molecule has 2 N–H and O–H groups in total. The molecular weight excluding hydrogens is 583 g/mol. The second-order valence-electron chi connectivity index (χ2n) is 7.62. The summed E-state index contributed by atoms with van der Waals surface area (Å²) < 4.78 is 77.2. The lowest BCUT2D eigenvalue weighted by atomic mass is 10.1. The van der Waals surface area contributed by atoms with E-state index in [2.05, 4.69) is 31.2 Å². The molecule has 0 unspecified atom stereocenters. The molecular formula is C23H21BrF3N3O6S. The second-order valence-corrected chi connectivity index (χ2v) is 10.5. The highest BCUT2D eigenvalue weighted by Gasteiger charge is 2.35. The topological polar surface area (TPSA) is 128 Å². The number of phenols is 1. The van der Waals surface area contributed by atoms with Crippen molar-refractivity contribution in [2.45, 2.75) is 24.2 Å². The minimum Gasteiger partial charge on any atom is -0.506 e. The number of nitrogens with zero attached hydrogens (tertiary/aromatic N) is 2. The van der Waals surface area contributed by atoms with Crippen LogP contribution in [0.25, 0.3) is 11.3 Å². The third-order valence-corrected chi connectivity index (χ3v) is 7.06. The summed E-state index contributed by atoms with van der Waals surface area (Å²) in [6.45, 7) is 0. The molecule has 0 aliphatic rings. The maximum absolute atomic E-state index is 13.5. The first-order valence-corrected chi connectivity index (χ1v) is 13.0. The van der Waals surface area contributed by atoms with Crippen LogP contribution in [0.4, 0.5) is 18.9 Å². The predicted octanol–water partition coefficient (Wildman–Crippen LogP) is 4.84. The number of aromatic nitrogens is 2. The Morgan fingerprint density at radius 1 is 1.05 bits per heavy atom. The van der Waals surface area contributed by atoms with E-state index in [1.54, 1.807) is 6.07 Å². The molecule has 0 aliphatic heterocycles. The number of alkyl halides is 3. The Bertz CT molecular complexity index is 1420. The van der Waals surface area contributed by atoms with Crippen LogP contribution in [0.15, 0.2) is 52.1 Å². The molecule has 3 aromatic rings. The van der Waals surface area contributed by atoms with Gasteiger partial charge in [-0.2, -0.15) is 13.2 Å². The molecule has 1 aromatic heterocycles. The van der Waals surface area contributed by atoms with E-state index in [-0.39, 0.29) is 41.3 Å². The number of hydrogen-bond donors (Lipinski definition) is 2. The molecule has 0 saturated heterocycles. The average molecular weight is 604 g/mol. The summed E-state index contributed by atoms with van der Waals surface area (Å²) in [7, 11) is -1.68. The number of hydrogen-bond acceptors (Lipinski definition) is 8. The molecule has 198 valence electrons. The van der Waals surface area contributed by atoms with Crippen molar-refractivity contribution in [3.8, 4) is 28.5 Å². The summed E-state index contributed by atoms with van der Waals surface area (Å²) in [6.07, 6.45) is -5.45. The van der Waals surface area contributed by atoms with Gasteiger partial charge in [0.1, 0.15) is 11.4 Å². The van der Waals surface area contributed by atoms with Gasteiger partial charge in [-0.1, -0.05) is 15.9 Å². The molecule has 0 aliphatic carbocycles. The van der Waals surface area contributed by atoms with Gasteiger partial charge in [0.15, 0.2) is 11.5 Å². The van der Waals surface area contributed by atoms with E-state index < -0.39 is 38.5 Å². The number of amides is 1. The van der Waals surface area contributed by atoms with Crippen molar-refractivity contribution in [1.29, 1.82) is 0 Å². The van der Waals surface area contributed by atoms with Crippen LogP contribution in [0.3, 0.4) is 0 Å². The zero-order valence-electron chi connectivity index (χ0n) is 19.5. The summed E-state index contributed by atoms with van der Waals surface area (Å²) in [4.78, 5) is 19.3. The number of sulfone groups is 1. The predicted molar refractivity (Wildman–Crippen MR) is 131 cm³/mol. The smallest absolute Gasteiger partial charge is 0.433 e. The van der Waals surface area contributed by atoms with Gasteiger partial charge in [-0.15, -0.1) is 0 Å². The molecule has 37 heavy (non-hydrogen) atoms. The van der Waals surface area contributed by atoms with Gasteiger partial charge in [-0.05, 0) is 48.9 Å². The van der Waals surface area contributed by atoms with E-state index in [1.165, 1.54) is 44.6 Å². The molecule has 1 heterocycles. The summed E-state index contributed by atoms with van der Waals surface area (Å²) in [5.41, 5.74) is -1.46. The van der Waals surface area contributed by atoms with E-state index in [1.807, 2.05) is 0 Å². The lowest BCUT2D eigenvalue weighted by molar-refractivity contribution is -0.141. The lowest BCUT2D eigenvalue weighted by Crippen LogP contribution is -2.18. The van der Waals surface area contributed by atoms with Crippen molar-refractivity contribution in [3.63, 3.8) is 0 Å². The highest BCUT2D eigenvalue weighted by atomic mass is 79.9. The largest absolute Gasteiger partial charge is 0.506 e. The zero-order chi connectivity index (χ0) is 27.4. The van der Waals surface area contributed by atoms with Gasteiger partial charge >= 0.3 is 6.18 Å². The number of anilines is 1. The molecule has 2 aromatic carbocycles. The Balaban J connectivity index is 1.84. The van der Waals surface area contributed by atoms with Gasteiger partial charge in [-0.3, -0.25) is 4.79 Å². The van der Waals surface area contributed by atoms with Gasteiger partial charge in [0.05, 0.1) is 31.4 Å². The minimum atomic E-state index is -4.94. The summed E-state index contributed by atoms with van der Waals surface area (Å²) in [6, 6.07) is 9.21. The molecule has 9 nitrogen and oxygen atoms in total. The molecule has 0 saturated carbocycles. The van der Waals surface area contributed by atoms with Crippen LogP contribution < -0.4 is 14.8 Å². The lowest BCUT2D eigenvalue weighted by Gasteiger charge is -2.13. The highest BCUT2D eigenvalue weighted by Crippen LogP contribution is 2.35. The fourth-order valence-corrected chi connectivity index (χ4v) is 4.73. The second kappa shape index (κ2) is 11.3. The van der Waals surface area contributed by atoms with E-state index in [0.717, 1.165) is 0 Å². The number of carbonyl (C=O) groups excluding carboxylic acids is 1. The van der Waals surface area contributed by atoms with Gasteiger partial charge in [0.2, 0.25) is 20.9 Å². The van der Waals surface area contributed by atoms with Crippen molar-refractivity contribution in [2.24, 2.45) is 0 Å². The van der Waals surface area contributed by atoms with Crippen LogP contribution in [-0.2, 0) is 20.8 Å². The maximum atomic E-state index is 13.5. The monoisotopic (exact) mass is 603 g/mol. The van der Waals surface area contributed by atoms with Crippen molar-refractivity contribution >= 4 is 37.4 Å². The molecule has 0 radical (unpaired) electrons. The standard InChI is InChI=1S/C23H21BrF3N3O6S/c1-35-18-8-5-13(10-19(18)36-2)15-12-20(23(25,26)27)30-22(29-15)37(33,34)9-3-4-21(32)28-16-11-14(24)6-7-17(16)31/h5-8,10-12,31H,3-4,9H2,1-2H3,(H,28,32). The van der Waals surface area contributed by atoms with Crippen LogP contribution in [0, 0.1) is 0 Å². The Morgan fingerprint density at radius 2 is 1.76 bits per heavy atom. The van der Waals surface area contributed by atoms with E-state index in [0.29, 0.717) is 16.3 Å². The number of aromatic hydroxyl groups is 1. The fraction of sp³-hybridized carbons (Fsp3) is 0.261. The third-order valence-electron chi connectivity index (χ3n) is 5.00. The number of nitrogens with one attached hydrogen (secondary N) is 1. The molecule has 0 fully saturated rings. The first-order valence-electron chi connectivity index (χ1n) is 10.5. The molecule has 1 amide bonds. The van der Waals surface area contributed by atoms with Crippen LogP contribution in [0.2, 0.25) is 0 Å². The summed E-state index contributed by atoms with van der Waals surface area (Å²) in [5.74, 6) is -0.945. The SMILES string of the molecule is COc1ccc(-c2cc(C(F)(F)F)nc(S(=O)(=O)CCCC(=O)Nc3cc(Br)ccc3O)n2)cc1OC. The number of phenolic OH excluding ortho intramolecular Hbond substituents is 1. The van der Waals surface area contributed by atoms with E-state index in [4.69, 9.17) is 9.47 Å². The normalized spacial score (nSPS) is 11.7. The van der Waals surface area contributed by atoms with Gasteiger partial charge in [-0.25, -0.2) is 18.4 Å². The van der Waals surface area contributed by atoms with E-state index in [9.17, 15) is 31.5 Å². The number of benzene rings is 2. The number of carbonyl (C=O) groups is 1. The van der Waals surface area contributed by atoms with Gasteiger partial charge in [0.25, 0.3) is 0 Å². The average Bonchev–Trinajstić information content (AvgIpc) is 2.84. The number of rotatable bonds is 9. The van der Waals surface area contributed by atoms with Crippen LogP contribution >= 0.6 is 15.9 Å². The van der Waals surface area contributed by atoms with Crippen LogP contribution in [-0.4, -0.2) is 49.4 Å². The Hall–Kier alpha value is -3.39. The maximum Gasteiger partial charge on any atom is 0.433 e. The van der Waals surface area contributed by atoms with E-state index >= 15 is 0 Å². The van der Waals surface area contributed by atoms with Crippen molar-refractivity contribution in [1.82, 2.24) is 9.97 Å². The number of halogens is 4. The Morgan fingerprint density at radius 3 is 2.41 bits per heavy atom. The molecule has 14 heteroatoms.